The molecule has 0 radical (unpaired) electrons. The van der Waals surface area contributed by atoms with Gasteiger partial charge in [0.25, 0.3) is 0 Å². The second-order valence-corrected chi connectivity index (χ2v) is 9.30. The van der Waals surface area contributed by atoms with E-state index in [9.17, 15) is 19.2 Å². The molecule has 5 aromatic rings. The third-order valence-electron chi connectivity index (χ3n) is 6.49. The van der Waals surface area contributed by atoms with Crippen molar-refractivity contribution in [2.24, 2.45) is 7.05 Å². The van der Waals surface area contributed by atoms with Crippen LogP contribution in [0.25, 0.3) is 16.6 Å². The molecule has 0 unspecified atom stereocenters. The first-order chi connectivity index (χ1) is 18.4. The van der Waals surface area contributed by atoms with Gasteiger partial charge in [-0.05, 0) is 66.3 Å². The molecule has 1 fully saturated rings. The van der Waals surface area contributed by atoms with Gasteiger partial charge in [0.15, 0.2) is 0 Å². The normalized spacial score (nSPS) is 13.0. The third kappa shape index (κ3) is 4.32. The Morgan fingerprint density at radius 1 is 1.13 bits per heavy atom. The summed E-state index contributed by atoms with van der Waals surface area (Å²) in [6.07, 6.45) is 7.12. The summed E-state index contributed by atoms with van der Waals surface area (Å²) >= 11 is 0. The highest BCUT2D eigenvalue weighted by Gasteiger charge is 2.25. The zero-order chi connectivity index (χ0) is 26.4. The molecular weight excluding hydrogens is 487 g/mol. The molecule has 1 saturated carbocycles. The van der Waals surface area contributed by atoms with Gasteiger partial charge in [0.05, 0.1) is 29.5 Å². The molecule has 10 nitrogen and oxygen atoms in total. The summed E-state index contributed by atoms with van der Waals surface area (Å²) in [6, 6.07) is 13.1. The Hall–Kier alpha value is -5.11. The lowest BCUT2D eigenvalue weighted by molar-refractivity contribution is 0.620. The predicted octanol–water partition coefficient (Wildman–Crippen LogP) is 3.36. The van der Waals surface area contributed by atoms with Crippen molar-refractivity contribution in [2.45, 2.75) is 25.3 Å². The van der Waals surface area contributed by atoms with Gasteiger partial charge in [-0.3, -0.25) is 14.2 Å². The van der Waals surface area contributed by atoms with E-state index in [2.05, 4.69) is 20.4 Å². The van der Waals surface area contributed by atoms with Gasteiger partial charge >= 0.3 is 11.4 Å². The summed E-state index contributed by atoms with van der Waals surface area (Å²) in [5.41, 5.74) is 1.61. The average molecular weight is 509 g/mol. The average Bonchev–Trinajstić information content (AvgIpc) is 3.68. The highest BCUT2D eigenvalue weighted by atomic mass is 19.1. The number of hydrogen-bond donors (Lipinski definition) is 1. The summed E-state index contributed by atoms with van der Waals surface area (Å²) in [6.45, 7) is -0.0612. The number of nitrogens with zero attached hydrogens (tertiary/aromatic N) is 7. The summed E-state index contributed by atoms with van der Waals surface area (Å²) in [7, 11) is 1.82. The van der Waals surface area contributed by atoms with Crippen LogP contribution in [0.5, 0.6) is 0 Å². The summed E-state index contributed by atoms with van der Waals surface area (Å²) in [5, 5.41) is 17.6. The van der Waals surface area contributed by atoms with E-state index >= 15 is 0 Å². The number of hydrogen-bond acceptors (Lipinski definition) is 7. The van der Waals surface area contributed by atoms with E-state index in [1.807, 2.05) is 31.4 Å². The molecular formula is C27H21FN8O2. The maximum absolute atomic E-state index is 14.0. The van der Waals surface area contributed by atoms with E-state index in [1.165, 1.54) is 29.0 Å². The molecule has 1 N–H and O–H groups in total. The lowest BCUT2D eigenvalue weighted by Gasteiger charge is -2.16. The number of rotatable bonds is 6. The molecule has 0 spiro atoms. The van der Waals surface area contributed by atoms with E-state index in [4.69, 9.17) is 0 Å². The molecule has 0 amide bonds. The van der Waals surface area contributed by atoms with Crippen LogP contribution in [0.4, 0.5) is 16.0 Å². The summed E-state index contributed by atoms with van der Waals surface area (Å²) in [4.78, 5) is 35.4. The first kappa shape index (κ1) is 23.3. The van der Waals surface area contributed by atoms with Crippen molar-refractivity contribution in [3.05, 3.63) is 105 Å². The van der Waals surface area contributed by atoms with Crippen molar-refractivity contribution in [3.63, 3.8) is 0 Å². The molecule has 3 heterocycles. The van der Waals surface area contributed by atoms with Crippen LogP contribution in [0, 0.1) is 17.1 Å². The molecule has 0 aliphatic heterocycles. The number of benzene rings is 2. The fourth-order valence-corrected chi connectivity index (χ4v) is 4.46. The lowest BCUT2D eigenvalue weighted by atomic mass is 10.1. The zero-order valence-electron chi connectivity index (χ0n) is 20.3. The number of nitriles is 1. The Morgan fingerprint density at radius 2 is 1.97 bits per heavy atom. The van der Waals surface area contributed by atoms with Crippen LogP contribution in [0.15, 0.2) is 70.6 Å². The minimum Gasteiger partial charge on any atom is -0.325 e. The van der Waals surface area contributed by atoms with Gasteiger partial charge in [0, 0.05) is 30.5 Å². The molecule has 38 heavy (non-hydrogen) atoms. The van der Waals surface area contributed by atoms with Crippen molar-refractivity contribution in [2.75, 3.05) is 5.32 Å². The molecule has 2 aromatic carbocycles. The minimum atomic E-state index is -0.761. The first-order valence-electron chi connectivity index (χ1n) is 12.0. The van der Waals surface area contributed by atoms with Gasteiger partial charge < -0.3 is 5.32 Å². The van der Waals surface area contributed by atoms with E-state index in [0.717, 1.165) is 33.9 Å². The monoisotopic (exact) mass is 508 g/mol. The lowest BCUT2D eigenvalue weighted by Crippen LogP contribution is -2.41. The second kappa shape index (κ2) is 9.08. The van der Waals surface area contributed by atoms with Crippen LogP contribution in [0.2, 0.25) is 0 Å². The highest BCUT2D eigenvalue weighted by Crippen LogP contribution is 2.40. The number of nitrogens with one attached hydrogen (secondary N) is 1. The predicted molar refractivity (Wildman–Crippen MR) is 138 cm³/mol. The Balaban J connectivity index is 1.48. The van der Waals surface area contributed by atoms with E-state index in [-0.39, 0.29) is 18.1 Å². The van der Waals surface area contributed by atoms with Gasteiger partial charge in [-0.2, -0.15) is 15.3 Å². The van der Waals surface area contributed by atoms with E-state index in [1.54, 1.807) is 23.0 Å². The number of pyridine rings is 1. The number of aromatic nitrogens is 6. The Bertz CT molecular complexity index is 1880. The van der Waals surface area contributed by atoms with Gasteiger partial charge in [-0.1, -0.05) is 6.07 Å². The molecule has 1 aliphatic carbocycles. The van der Waals surface area contributed by atoms with Crippen LogP contribution in [-0.2, 0) is 13.6 Å². The van der Waals surface area contributed by atoms with Crippen molar-refractivity contribution >= 4 is 22.5 Å². The molecule has 188 valence electrons. The van der Waals surface area contributed by atoms with Crippen molar-refractivity contribution in [3.8, 4) is 11.8 Å². The van der Waals surface area contributed by atoms with Gasteiger partial charge in [-0.15, -0.1) is 0 Å². The topological polar surface area (TPSA) is 123 Å². The standard InChI is InChI=1S/C27H21FN8O2/c1-34-15-20-9-21(5-7-24(20)33-34)31-25-32-26(37)36(22-10-19(12-30-13-22)17-3-4-17)27(38)35(25)14-16-2-6-23(28)18(8-16)11-29/h2,5-10,12-13,15,17H,3-4,14H2,1H3,(H,31,32,37). The quantitative estimate of drug-likeness (QED) is 0.373. The van der Waals surface area contributed by atoms with Gasteiger partial charge in [0.1, 0.15) is 11.9 Å². The van der Waals surface area contributed by atoms with Gasteiger partial charge in [0.2, 0.25) is 5.95 Å². The Labute approximate surface area is 215 Å². The van der Waals surface area contributed by atoms with Crippen LogP contribution in [0.1, 0.15) is 35.4 Å². The fraction of sp³-hybridized carbons (Fsp3) is 0.185. The maximum Gasteiger partial charge on any atom is 0.359 e. The smallest absolute Gasteiger partial charge is 0.325 e. The molecule has 0 saturated heterocycles. The van der Waals surface area contributed by atoms with Crippen LogP contribution in [0.3, 0.4) is 0 Å². The number of fused-ring (bicyclic) bond motifs is 1. The molecule has 0 bridgehead atoms. The largest absolute Gasteiger partial charge is 0.359 e. The fourth-order valence-electron chi connectivity index (χ4n) is 4.46. The number of halogens is 1. The zero-order valence-corrected chi connectivity index (χ0v) is 20.3. The Morgan fingerprint density at radius 3 is 2.76 bits per heavy atom. The molecule has 6 rings (SSSR count). The summed E-state index contributed by atoms with van der Waals surface area (Å²) < 4.78 is 17.9. The molecule has 3 aromatic heterocycles. The second-order valence-electron chi connectivity index (χ2n) is 9.30. The molecule has 0 atom stereocenters. The van der Waals surface area contributed by atoms with E-state index < -0.39 is 17.2 Å². The van der Waals surface area contributed by atoms with Crippen molar-refractivity contribution in [1.29, 1.82) is 5.26 Å². The van der Waals surface area contributed by atoms with Crippen LogP contribution >= 0.6 is 0 Å². The SMILES string of the molecule is Cn1cc2cc(Nc3nc(=O)n(-c4cncc(C5CC5)c4)c(=O)n3Cc3ccc(F)c(C#N)c3)ccc2n1. The summed E-state index contributed by atoms with van der Waals surface area (Å²) in [5.74, 6) is -0.272. The van der Waals surface area contributed by atoms with Gasteiger partial charge in [-0.25, -0.2) is 18.5 Å². The van der Waals surface area contributed by atoms with Crippen LogP contribution in [-0.4, -0.2) is 28.9 Å². The third-order valence-corrected chi connectivity index (χ3v) is 6.49. The van der Waals surface area contributed by atoms with Crippen LogP contribution < -0.4 is 16.7 Å². The molecule has 11 heteroatoms. The maximum atomic E-state index is 14.0. The van der Waals surface area contributed by atoms with Crippen molar-refractivity contribution in [1.82, 2.24) is 28.9 Å². The highest BCUT2D eigenvalue weighted by molar-refractivity contribution is 5.82. The van der Waals surface area contributed by atoms with E-state index in [0.29, 0.717) is 22.9 Å². The molecule has 1 aliphatic rings. The first-order valence-corrected chi connectivity index (χ1v) is 12.0. The number of anilines is 2. The van der Waals surface area contributed by atoms with Crippen molar-refractivity contribution < 1.29 is 4.39 Å². The number of aryl methyl sites for hydroxylation is 1. The Kier molecular flexibility index (Phi) is 5.57. The minimum absolute atomic E-state index is 0.00799.